The Balaban J connectivity index is 3.43. The Labute approximate surface area is 73.8 Å². The van der Waals surface area contributed by atoms with Crippen LogP contribution < -0.4 is 0 Å². The van der Waals surface area contributed by atoms with E-state index in [2.05, 4.69) is 11.8 Å². The van der Waals surface area contributed by atoms with E-state index in [-0.39, 0.29) is 6.54 Å². The Bertz CT molecular complexity index is 139. The van der Waals surface area contributed by atoms with Gasteiger partial charge >= 0.3 is 5.97 Å². The van der Waals surface area contributed by atoms with Crippen LogP contribution in [0, 0.1) is 0 Å². The average molecular weight is 174 g/mol. The molecule has 4 nitrogen and oxygen atoms in total. The highest BCUT2D eigenvalue weighted by Crippen LogP contribution is 1.85. The predicted octanol–water partition coefficient (Wildman–Crippen LogP) is -0.0455. The summed E-state index contributed by atoms with van der Waals surface area (Å²) in [7, 11) is 3.84. The maximum Gasteiger partial charge on any atom is 0.317 e. The van der Waals surface area contributed by atoms with E-state index in [9.17, 15) is 4.79 Å². The highest BCUT2D eigenvalue weighted by atomic mass is 16.4. The highest BCUT2D eigenvalue weighted by Gasteiger charge is 2.04. The summed E-state index contributed by atoms with van der Waals surface area (Å²) in [5.41, 5.74) is 0. The molecule has 0 bridgehead atoms. The van der Waals surface area contributed by atoms with E-state index in [0.717, 1.165) is 19.6 Å². The van der Waals surface area contributed by atoms with Gasteiger partial charge in [0.05, 0.1) is 6.54 Å². The molecule has 0 saturated heterocycles. The summed E-state index contributed by atoms with van der Waals surface area (Å²) in [5.74, 6) is -0.767. The Morgan fingerprint density at radius 1 is 1.25 bits per heavy atom. The number of rotatable bonds is 6. The topological polar surface area (TPSA) is 43.8 Å². The zero-order valence-electron chi connectivity index (χ0n) is 8.08. The van der Waals surface area contributed by atoms with E-state index >= 15 is 0 Å². The molecule has 4 heteroatoms. The summed E-state index contributed by atoms with van der Waals surface area (Å²) in [4.78, 5) is 14.2. The number of carboxylic acid groups (broad SMARTS) is 1. The molecule has 12 heavy (non-hydrogen) atoms. The van der Waals surface area contributed by atoms with Crippen molar-refractivity contribution in [3.8, 4) is 0 Å². The molecule has 0 spiro atoms. The lowest BCUT2D eigenvalue weighted by atomic mass is 10.4. The van der Waals surface area contributed by atoms with E-state index < -0.39 is 5.97 Å². The molecule has 0 saturated carbocycles. The Hall–Kier alpha value is -0.610. The average Bonchev–Trinajstić information content (AvgIpc) is 1.99. The van der Waals surface area contributed by atoms with Crippen molar-refractivity contribution in [3.05, 3.63) is 0 Å². The van der Waals surface area contributed by atoms with E-state index in [1.807, 2.05) is 14.1 Å². The number of carboxylic acids is 1. The predicted molar refractivity (Wildman–Crippen MR) is 48.3 cm³/mol. The fraction of sp³-hybridized carbons (Fsp3) is 0.875. The number of carbonyl (C=O) groups is 1. The van der Waals surface area contributed by atoms with Crippen LogP contribution in [-0.2, 0) is 4.79 Å². The number of hydrogen-bond acceptors (Lipinski definition) is 3. The molecule has 0 aromatic carbocycles. The first-order valence-corrected chi connectivity index (χ1v) is 4.15. The van der Waals surface area contributed by atoms with Crippen LogP contribution in [0.1, 0.15) is 6.92 Å². The molecule has 1 N–H and O–H groups in total. The minimum absolute atomic E-state index is 0.123. The molecule has 0 radical (unpaired) electrons. The number of likely N-dealkylation sites (N-methyl/N-ethyl adjacent to an activating group) is 2. The second-order valence-electron chi connectivity index (χ2n) is 3.03. The third-order valence-corrected chi connectivity index (χ3v) is 1.81. The standard InChI is InChI=1S/C8H18N2O2/c1-4-9(2)5-6-10(3)7-8(11)12/h4-7H2,1-3H3,(H,11,12). The molecule has 0 amide bonds. The molecule has 72 valence electrons. The van der Waals surface area contributed by atoms with Crippen molar-refractivity contribution in [2.24, 2.45) is 0 Å². The van der Waals surface area contributed by atoms with Gasteiger partial charge in [-0.15, -0.1) is 0 Å². The molecule has 0 aliphatic rings. The van der Waals surface area contributed by atoms with E-state index in [1.54, 1.807) is 4.90 Å². The van der Waals surface area contributed by atoms with Gasteiger partial charge in [-0.25, -0.2) is 0 Å². The molecule has 0 aromatic rings. The fourth-order valence-corrected chi connectivity index (χ4v) is 0.809. The van der Waals surface area contributed by atoms with E-state index in [1.165, 1.54) is 0 Å². The van der Waals surface area contributed by atoms with Crippen LogP contribution in [0.4, 0.5) is 0 Å². The first kappa shape index (κ1) is 11.4. The normalized spacial score (nSPS) is 11.1. The molecule has 0 fully saturated rings. The minimum Gasteiger partial charge on any atom is -0.480 e. The molecule has 0 aliphatic heterocycles. The first-order chi connectivity index (χ1) is 5.56. The van der Waals surface area contributed by atoms with Crippen LogP contribution in [0.2, 0.25) is 0 Å². The maximum atomic E-state index is 10.3. The molecule has 0 rings (SSSR count). The minimum atomic E-state index is -0.767. The third kappa shape index (κ3) is 6.12. The van der Waals surface area contributed by atoms with Gasteiger partial charge in [-0.2, -0.15) is 0 Å². The van der Waals surface area contributed by atoms with Crippen molar-refractivity contribution in [1.29, 1.82) is 0 Å². The van der Waals surface area contributed by atoms with Gasteiger partial charge in [0.15, 0.2) is 0 Å². The molecule has 0 heterocycles. The number of hydrogen-bond donors (Lipinski definition) is 1. The molecular weight excluding hydrogens is 156 g/mol. The summed E-state index contributed by atoms with van der Waals surface area (Å²) < 4.78 is 0. The Morgan fingerprint density at radius 3 is 2.17 bits per heavy atom. The van der Waals surface area contributed by atoms with E-state index in [4.69, 9.17) is 5.11 Å². The fourth-order valence-electron chi connectivity index (χ4n) is 0.809. The van der Waals surface area contributed by atoms with Crippen LogP contribution in [0.25, 0.3) is 0 Å². The second kappa shape index (κ2) is 5.97. The van der Waals surface area contributed by atoms with Crippen LogP contribution in [-0.4, -0.2) is 61.2 Å². The first-order valence-electron chi connectivity index (χ1n) is 4.15. The summed E-state index contributed by atoms with van der Waals surface area (Å²) in [6.07, 6.45) is 0. The van der Waals surface area contributed by atoms with Crippen LogP contribution in [0.5, 0.6) is 0 Å². The molecule has 0 atom stereocenters. The lowest BCUT2D eigenvalue weighted by molar-refractivity contribution is -0.138. The maximum absolute atomic E-state index is 10.3. The summed E-state index contributed by atoms with van der Waals surface area (Å²) in [6, 6.07) is 0. The summed E-state index contributed by atoms with van der Waals surface area (Å²) in [5, 5.41) is 8.45. The van der Waals surface area contributed by atoms with Gasteiger partial charge in [-0.05, 0) is 20.6 Å². The van der Waals surface area contributed by atoms with Gasteiger partial charge in [0.1, 0.15) is 0 Å². The van der Waals surface area contributed by atoms with Crippen molar-refractivity contribution < 1.29 is 9.90 Å². The monoisotopic (exact) mass is 174 g/mol. The number of nitrogens with zero attached hydrogens (tertiary/aromatic N) is 2. The lowest BCUT2D eigenvalue weighted by Gasteiger charge is -2.18. The van der Waals surface area contributed by atoms with Crippen molar-refractivity contribution >= 4 is 5.97 Å². The number of aliphatic carboxylic acids is 1. The second-order valence-corrected chi connectivity index (χ2v) is 3.03. The van der Waals surface area contributed by atoms with Gasteiger partial charge in [-0.3, -0.25) is 9.69 Å². The van der Waals surface area contributed by atoms with Gasteiger partial charge in [0.25, 0.3) is 0 Å². The summed E-state index contributed by atoms with van der Waals surface area (Å²) >= 11 is 0. The largest absolute Gasteiger partial charge is 0.480 e. The molecule has 0 aromatic heterocycles. The van der Waals surface area contributed by atoms with Crippen LogP contribution in [0.15, 0.2) is 0 Å². The zero-order chi connectivity index (χ0) is 9.56. The van der Waals surface area contributed by atoms with Crippen molar-refractivity contribution in [2.45, 2.75) is 6.92 Å². The van der Waals surface area contributed by atoms with Crippen molar-refractivity contribution in [3.63, 3.8) is 0 Å². The van der Waals surface area contributed by atoms with Crippen LogP contribution >= 0.6 is 0 Å². The Kier molecular flexibility index (Phi) is 5.66. The van der Waals surface area contributed by atoms with Crippen molar-refractivity contribution in [1.82, 2.24) is 9.80 Å². The van der Waals surface area contributed by atoms with E-state index in [0.29, 0.717) is 0 Å². The van der Waals surface area contributed by atoms with Crippen LogP contribution in [0.3, 0.4) is 0 Å². The third-order valence-electron chi connectivity index (χ3n) is 1.81. The van der Waals surface area contributed by atoms with Crippen molar-refractivity contribution in [2.75, 3.05) is 40.3 Å². The quantitative estimate of drug-likeness (QED) is 0.613. The summed E-state index contributed by atoms with van der Waals surface area (Å²) in [6.45, 7) is 4.92. The van der Waals surface area contributed by atoms with Gasteiger partial charge in [-0.1, -0.05) is 6.92 Å². The lowest BCUT2D eigenvalue weighted by Crippen LogP contribution is -2.33. The molecule has 0 unspecified atom stereocenters. The van der Waals surface area contributed by atoms with Gasteiger partial charge < -0.3 is 10.0 Å². The highest BCUT2D eigenvalue weighted by molar-refractivity contribution is 5.68. The smallest absolute Gasteiger partial charge is 0.317 e. The van der Waals surface area contributed by atoms with Gasteiger partial charge in [0, 0.05) is 13.1 Å². The SMILES string of the molecule is CCN(C)CCN(C)CC(=O)O. The van der Waals surface area contributed by atoms with Gasteiger partial charge in [0.2, 0.25) is 0 Å². The zero-order valence-corrected chi connectivity index (χ0v) is 8.08. The molecule has 0 aliphatic carbocycles. The molecular formula is C8H18N2O2. The Morgan fingerprint density at radius 2 is 1.75 bits per heavy atom.